The van der Waals surface area contributed by atoms with Gasteiger partial charge in [0, 0.05) is 38.4 Å². The molecule has 0 aliphatic heterocycles. The molecule has 8 aromatic carbocycles. The summed E-state index contributed by atoms with van der Waals surface area (Å²) in [5.41, 5.74) is 12.1. The Kier molecular flexibility index (Phi) is 7.42. The number of aromatic nitrogens is 4. The van der Waals surface area contributed by atoms with E-state index in [4.69, 9.17) is 19.4 Å². The van der Waals surface area contributed by atoms with Crippen molar-refractivity contribution in [1.29, 1.82) is 0 Å². The van der Waals surface area contributed by atoms with Gasteiger partial charge in [-0.3, -0.25) is 0 Å². The van der Waals surface area contributed by atoms with Crippen molar-refractivity contribution in [2.75, 3.05) is 0 Å². The molecule has 0 amide bonds. The normalized spacial score (nSPS) is 11.6. The molecule has 3 heterocycles. The van der Waals surface area contributed by atoms with E-state index < -0.39 is 0 Å². The van der Waals surface area contributed by atoms with Gasteiger partial charge in [0.15, 0.2) is 17.5 Å². The number of benzene rings is 8. The van der Waals surface area contributed by atoms with Crippen LogP contribution in [0.4, 0.5) is 0 Å². The molecule has 0 atom stereocenters. The monoisotopic (exact) mass is 716 g/mol. The van der Waals surface area contributed by atoms with E-state index in [0.29, 0.717) is 17.5 Å². The maximum absolute atomic E-state index is 6.83. The Labute approximate surface area is 322 Å². The van der Waals surface area contributed by atoms with Crippen molar-refractivity contribution in [1.82, 2.24) is 19.5 Å². The summed E-state index contributed by atoms with van der Waals surface area (Å²) in [6, 6.07) is 67.4. The molecule has 0 radical (unpaired) electrons. The highest BCUT2D eigenvalue weighted by Crippen LogP contribution is 2.41. The minimum Gasteiger partial charge on any atom is -0.455 e. The van der Waals surface area contributed by atoms with Gasteiger partial charge in [-0.2, -0.15) is 0 Å². The number of nitrogens with zero attached hydrogens (tertiary/aromatic N) is 4. The molecule has 11 rings (SSSR count). The topological polar surface area (TPSA) is 56.7 Å². The van der Waals surface area contributed by atoms with Crippen molar-refractivity contribution >= 4 is 43.7 Å². The Balaban J connectivity index is 1.11. The van der Waals surface area contributed by atoms with Crippen LogP contribution >= 0.6 is 0 Å². The molecule has 11 aromatic rings. The quantitative estimate of drug-likeness (QED) is 0.172. The van der Waals surface area contributed by atoms with Crippen LogP contribution in [0.1, 0.15) is 0 Å². The van der Waals surface area contributed by atoms with Crippen LogP contribution in [0.15, 0.2) is 199 Å². The molecular formula is C51H32N4O. The second-order valence-corrected chi connectivity index (χ2v) is 14.0. The zero-order valence-electron chi connectivity index (χ0n) is 30.2. The Morgan fingerprint density at radius 1 is 0.339 bits per heavy atom. The second-order valence-electron chi connectivity index (χ2n) is 14.0. The third kappa shape index (κ3) is 5.37. The van der Waals surface area contributed by atoms with Gasteiger partial charge in [-0.1, -0.05) is 152 Å². The van der Waals surface area contributed by atoms with Gasteiger partial charge in [-0.05, 0) is 64.7 Å². The minimum atomic E-state index is 0.552. The summed E-state index contributed by atoms with van der Waals surface area (Å²) < 4.78 is 9.17. The molecular weight excluding hydrogens is 685 g/mol. The van der Waals surface area contributed by atoms with E-state index in [2.05, 4.69) is 180 Å². The first-order valence-electron chi connectivity index (χ1n) is 18.8. The molecule has 0 N–H and O–H groups in total. The molecule has 56 heavy (non-hydrogen) atoms. The van der Waals surface area contributed by atoms with E-state index in [0.717, 1.165) is 83.0 Å². The number of hydrogen-bond donors (Lipinski definition) is 0. The Morgan fingerprint density at radius 3 is 1.66 bits per heavy atom. The van der Waals surface area contributed by atoms with E-state index in [1.165, 1.54) is 5.39 Å². The SMILES string of the molecule is c1ccc(-c2ccc(-c3nc(-c4cccc(-c5ccccc5)c4)nc(-c4cccc5c4oc4cc6c7ccccc7n(-c7ccccc7)c6cc45)n3)cc2)cc1. The summed E-state index contributed by atoms with van der Waals surface area (Å²) in [6.45, 7) is 0. The Morgan fingerprint density at radius 2 is 0.893 bits per heavy atom. The zero-order chi connectivity index (χ0) is 37.0. The van der Waals surface area contributed by atoms with Crippen molar-refractivity contribution in [3.05, 3.63) is 194 Å². The maximum atomic E-state index is 6.83. The van der Waals surface area contributed by atoms with E-state index in [1.807, 2.05) is 18.2 Å². The lowest BCUT2D eigenvalue weighted by Crippen LogP contribution is -2.00. The largest absolute Gasteiger partial charge is 0.455 e. The molecule has 262 valence electrons. The lowest BCUT2D eigenvalue weighted by molar-refractivity contribution is 0.670. The van der Waals surface area contributed by atoms with Crippen LogP contribution in [-0.4, -0.2) is 19.5 Å². The van der Waals surface area contributed by atoms with Gasteiger partial charge in [0.2, 0.25) is 0 Å². The maximum Gasteiger partial charge on any atom is 0.167 e. The second kappa shape index (κ2) is 13.0. The molecule has 0 aliphatic carbocycles. The summed E-state index contributed by atoms with van der Waals surface area (Å²) in [5.74, 6) is 1.74. The van der Waals surface area contributed by atoms with E-state index in [-0.39, 0.29) is 0 Å². The number of furan rings is 1. The van der Waals surface area contributed by atoms with Gasteiger partial charge in [0.1, 0.15) is 11.2 Å². The molecule has 0 unspecified atom stereocenters. The van der Waals surface area contributed by atoms with Crippen molar-refractivity contribution in [3.8, 4) is 62.1 Å². The van der Waals surface area contributed by atoms with Gasteiger partial charge in [-0.25, -0.2) is 15.0 Å². The van der Waals surface area contributed by atoms with E-state index in [1.54, 1.807) is 0 Å². The predicted molar refractivity (Wildman–Crippen MR) is 229 cm³/mol. The highest BCUT2D eigenvalue weighted by Gasteiger charge is 2.20. The Hall–Kier alpha value is -7.63. The molecule has 0 aliphatic rings. The lowest BCUT2D eigenvalue weighted by atomic mass is 10.0. The summed E-state index contributed by atoms with van der Waals surface area (Å²) in [6.07, 6.45) is 0. The van der Waals surface area contributed by atoms with Crippen molar-refractivity contribution in [2.24, 2.45) is 0 Å². The molecule has 0 bridgehead atoms. The minimum absolute atomic E-state index is 0.552. The summed E-state index contributed by atoms with van der Waals surface area (Å²) in [7, 11) is 0. The van der Waals surface area contributed by atoms with Gasteiger partial charge in [-0.15, -0.1) is 0 Å². The first-order valence-corrected chi connectivity index (χ1v) is 18.8. The average Bonchev–Trinajstić information content (AvgIpc) is 3.81. The standard InChI is InChI=1S/C51H32N4O/c1-4-14-33(15-5-1)35-26-28-36(29-27-35)49-52-50(38-19-12-18-37(30-38)34-16-6-2-7-17-34)54-51(53-49)42-24-13-23-41-44-31-46-43(32-47(44)56-48(41)42)40-22-10-11-25-45(40)55(46)39-20-8-3-9-21-39/h1-32H. The number of rotatable bonds is 6. The van der Waals surface area contributed by atoms with Gasteiger partial charge >= 0.3 is 0 Å². The first-order chi connectivity index (χ1) is 27.7. The lowest BCUT2D eigenvalue weighted by Gasteiger charge is -2.10. The third-order valence-electron chi connectivity index (χ3n) is 10.7. The van der Waals surface area contributed by atoms with Crippen LogP contribution in [0.5, 0.6) is 0 Å². The smallest absolute Gasteiger partial charge is 0.167 e. The molecule has 3 aromatic heterocycles. The highest BCUT2D eigenvalue weighted by molar-refractivity contribution is 6.18. The van der Waals surface area contributed by atoms with Gasteiger partial charge < -0.3 is 8.98 Å². The van der Waals surface area contributed by atoms with Crippen LogP contribution in [0.25, 0.3) is 106 Å². The molecule has 0 saturated heterocycles. The number of hydrogen-bond acceptors (Lipinski definition) is 4. The Bertz CT molecular complexity index is 3220. The summed E-state index contributed by atoms with van der Waals surface area (Å²) >= 11 is 0. The van der Waals surface area contributed by atoms with Crippen LogP contribution in [0.2, 0.25) is 0 Å². The third-order valence-corrected chi connectivity index (χ3v) is 10.7. The molecule has 0 spiro atoms. The summed E-state index contributed by atoms with van der Waals surface area (Å²) in [5, 5.41) is 4.36. The van der Waals surface area contributed by atoms with Crippen LogP contribution < -0.4 is 0 Å². The van der Waals surface area contributed by atoms with Crippen LogP contribution in [-0.2, 0) is 0 Å². The predicted octanol–water partition coefficient (Wildman–Crippen LogP) is 13.2. The number of fused-ring (bicyclic) bond motifs is 6. The molecule has 0 fully saturated rings. The van der Waals surface area contributed by atoms with Crippen LogP contribution in [0.3, 0.4) is 0 Å². The van der Waals surface area contributed by atoms with Crippen molar-refractivity contribution < 1.29 is 4.42 Å². The fourth-order valence-electron chi connectivity index (χ4n) is 7.96. The summed E-state index contributed by atoms with van der Waals surface area (Å²) in [4.78, 5) is 15.4. The molecule has 5 nitrogen and oxygen atoms in total. The highest BCUT2D eigenvalue weighted by atomic mass is 16.3. The first kappa shape index (κ1) is 31.9. The van der Waals surface area contributed by atoms with Gasteiger partial charge in [0.05, 0.1) is 16.6 Å². The number of para-hydroxylation sites is 3. The van der Waals surface area contributed by atoms with Gasteiger partial charge in [0.25, 0.3) is 0 Å². The van der Waals surface area contributed by atoms with Crippen molar-refractivity contribution in [3.63, 3.8) is 0 Å². The van der Waals surface area contributed by atoms with E-state index >= 15 is 0 Å². The zero-order valence-corrected chi connectivity index (χ0v) is 30.2. The fraction of sp³-hybridized carbons (Fsp3) is 0. The van der Waals surface area contributed by atoms with Crippen LogP contribution in [0, 0.1) is 0 Å². The average molecular weight is 717 g/mol. The van der Waals surface area contributed by atoms with Crippen molar-refractivity contribution in [2.45, 2.75) is 0 Å². The fourth-order valence-corrected chi connectivity index (χ4v) is 7.96. The van der Waals surface area contributed by atoms with E-state index in [9.17, 15) is 0 Å². The molecule has 5 heteroatoms. The molecule has 0 saturated carbocycles.